The zero-order valence-electron chi connectivity index (χ0n) is 13.4. The standard InChI is InChI=1S/C17H21NO4/c1-6-13(18(5)16(19)22-17(2,3)4)9-12-7-8-14-15(10-12)21-11-20-14/h1,7-8,10,13H,9,11H2,2-5H3. The van der Waals surface area contributed by atoms with Crippen LogP contribution in [-0.2, 0) is 11.2 Å². The van der Waals surface area contributed by atoms with Crippen LogP contribution in [0, 0.1) is 12.3 Å². The molecule has 0 radical (unpaired) electrons. The molecule has 0 aliphatic carbocycles. The lowest BCUT2D eigenvalue weighted by atomic mass is 10.1. The predicted octanol–water partition coefficient (Wildman–Crippen LogP) is 2.83. The molecule has 2 rings (SSSR count). The number of fused-ring (bicyclic) bond motifs is 1. The van der Waals surface area contributed by atoms with Gasteiger partial charge in [0.2, 0.25) is 6.79 Å². The molecule has 5 nitrogen and oxygen atoms in total. The minimum Gasteiger partial charge on any atom is -0.454 e. The van der Waals surface area contributed by atoms with Crippen LogP contribution in [0.15, 0.2) is 18.2 Å². The lowest BCUT2D eigenvalue weighted by molar-refractivity contribution is 0.0262. The maximum Gasteiger partial charge on any atom is 0.411 e. The molecule has 1 aliphatic rings. The number of carbonyl (C=O) groups excluding carboxylic acids is 1. The zero-order chi connectivity index (χ0) is 16.3. The Labute approximate surface area is 131 Å². The first-order valence-electron chi connectivity index (χ1n) is 7.10. The van der Waals surface area contributed by atoms with Crippen LogP contribution in [0.5, 0.6) is 11.5 Å². The molecule has 0 bridgehead atoms. The van der Waals surface area contributed by atoms with Gasteiger partial charge >= 0.3 is 6.09 Å². The van der Waals surface area contributed by atoms with Crippen LogP contribution < -0.4 is 9.47 Å². The van der Waals surface area contributed by atoms with Gasteiger partial charge in [-0.15, -0.1) is 6.42 Å². The topological polar surface area (TPSA) is 48.0 Å². The monoisotopic (exact) mass is 303 g/mol. The van der Waals surface area contributed by atoms with E-state index in [9.17, 15) is 4.79 Å². The highest BCUT2D eigenvalue weighted by molar-refractivity contribution is 5.68. The molecule has 1 unspecified atom stereocenters. The summed E-state index contributed by atoms with van der Waals surface area (Å²) in [5.41, 5.74) is 0.422. The third kappa shape index (κ3) is 3.85. The van der Waals surface area contributed by atoms with Crippen molar-refractivity contribution in [3.8, 4) is 23.8 Å². The van der Waals surface area contributed by atoms with E-state index in [1.165, 1.54) is 4.90 Å². The lowest BCUT2D eigenvalue weighted by Crippen LogP contribution is -2.41. The third-order valence-corrected chi connectivity index (χ3v) is 3.21. The highest BCUT2D eigenvalue weighted by Gasteiger charge is 2.25. The molecule has 1 aromatic carbocycles. The van der Waals surface area contributed by atoms with Crippen molar-refractivity contribution in [2.75, 3.05) is 13.8 Å². The van der Waals surface area contributed by atoms with Gasteiger partial charge in [0.15, 0.2) is 11.5 Å². The first kappa shape index (κ1) is 16.0. The molecule has 22 heavy (non-hydrogen) atoms. The van der Waals surface area contributed by atoms with Crippen LogP contribution in [0.4, 0.5) is 4.79 Å². The Morgan fingerprint density at radius 2 is 2.09 bits per heavy atom. The minimum absolute atomic E-state index is 0.231. The number of nitrogens with zero attached hydrogens (tertiary/aromatic N) is 1. The minimum atomic E-state index is -0.552. The molecule has 0 fully saturated rings. The fraction of sp³-hybridized carbons (Fsp3) is 0.471. The van der Waals surface area contributed by atoms with Crippen molar-refractivity contribution in [3.63, 3.8) is 0 Å². The number of ether oxygens (including phenoxy) is 3. The maximum absolute atomic E-state index is 12.1. The number of amides is 1. The number of hydrogen-bond acceptors (Lipinski definition) is 4. The van der Waals surface area contributed by atoms with E-state index in [2.05, 4.69) is 5.92 Å². The summed E-state index contributed by atoms with van der Waals surface area (Å²) in [4.78, 5) is 13.5. The van der Waals surface area contributed by atoms with E-state index in [1.54, 1.807) is 7.05 Å². The summed E-state index contributed by atoms with van der Waals surface area (Å²) in [5, 5.41) is 0. The fourth-order valence-electron chi connectivity index (χ4n) is 2.06. The second kappa shape index (κ2) is 6.18. The number of benzene rings is 1. The Bertz CT molecular complexity index is 598. The number of hydrogen-bond donors (Lipinski definition) is 0. The summed E-state index contributed by atoms with van der Waals surface area (Å²) in [6.45, 7) is 5.69. The Kier molecular flexibility index (Phi) is 4.51. The first-order valence-corrected chi connectivity index (χ1v) is 7.10. The van der Waals surface area contributed by atoms with Crippen LogP contribution in [0.3, 0.4) is 0 Å². The number of rotatable bonds is 3. The Morgan fingerprint density at radius 3 is 2.73 bits per heavy atom. The summed E-state index contributed by atoms with van der Waals surface area (Å²) >= 11 is 0. The molecular weight excluding hydrogens is 282 g/mol. The maximum atomic E-state index is 12.1. The third-order valence-electron chi connectivity index (χ3n) is 3.21. The van der Waals surface area contributed by atoms with Crippen molar-refractivity contribution < 1.29 is 19.0 Å². The molecule has 0 N–H and O–H groups in total. The van der Waals surface area contributed by atoms with Gasteiger partial charge in [-0.25, -0.2) is 4.79 Å². The van der Waals surface area contributed by atoms with E-state index >= 15 is 0 Å². The molecule has 0 saturated heterocycles. The molecule has 0 aromatic heterocycles. The van der Waals surface area contributed by atoms with Crippen molar-refractivity contribution in [2.45, 2.75) is 38.8 Å². The van der Waals surface area contributed by atoms with Crippen molar-refractivity contribution in [3.05, 3.63) is 23.8 Å². The molecule has 1 heterocycles. The Hall–Kier alpha value is -2.35. The highest BCUT2D eigenvalue weighted by atomic mass is 16.7. The van der Waals surface area contributed by atoms with E-state index in [4.69, 9.17) is 20.6 Å². The number of terminal acetylenes is 1. The zero-order valence-corrected chi connectivity index (χ0v) is 13.4. The molecule has 0 spiro atoms. The van der Waals surface area contributed by atoms with Crippen molar-refractivity contribution >= 4 is 6.09 Å². The summed E-state index contributed by atoms with van der Waals surface area (Å²) in [7, 11) is 1.64. The number of likely N-dealkylation sites (N-methyl/N-ethyl adjacent to an activating group) is 1. The van der Waals surface area contributed by atoms with Crippen molar-refractivity contribution in [1.29, 1.82) is 0 Å². The van der Waals surface area contributed by atoms with E-state index in [1.807, 2.05) is 39.0 Å². The quantitative estimate of drug-likeness (QED) is 0.806. The molecule has 1 atom stereocenters. The van der Waals surface area contributed by atoms with Gasteiger partial charge < -0.3 is 14.2 Å². The average molecular weight is 303 g/mol. The van der Waals surface area contributed by atoms with Gasteiger partial charge in [-0.1, -0.05) is 12.0 Å². The van der Waals surface area contributed by atoms with Gasteiger partial charge in [0.25, 0.3) is 0 Å². The largest absolute Gasteiger partial charge is 0.454 e. The van der Waals surface area contributed by atoms with Gasteiger partial charge in [0.05, 0.1) is 6.04 Å². The van der Waals surface area contributed by atoms with Crippen molar-refractivity contribution in [2.24, 2.45) is 0 Å². The molecule has 1 aromatic rings. The second-order valence-electron chi connectivity index (χ2n) is 6.17. The molecule has 1 aliphatic heterocycles. The molecule has 5 heteroatoms. The van der Waals surface area contributed by atoms with Crippen molar-refractivity contribution in [1.82, 2.24) is 4.90 Å². The van der Waals surface area contributed by atoms with Gasteiger partial charge in [-0.05, 0) is 38.5 Å². The summed E-state index contributed by atoms with van der Waals surface area (Å²) in [6, 6.07) is 5.25. The predicted molar refractivity (Wildman–Crippen MR) is 82.9 cm³/mol. The molecular formula is C17H21NO4. The van der Waals surface area contributed by atoms with Gasteiger partial charge in [-0.2, -0.15) is 0 Å². The van der Waals surface area contributed by atoms with Crippen LogP contribution in [0.25, 0.3) is 0 Å². The second-order valence-corrected chi connectivity index (χ2v) is 6.17. The van der Waals surface area contributed by atoms with Crippen LogP contribution >= 0.6 is 0 Å². The molecule has 118 valence electrons. The van der Waals surface area contributed by atoms with E-state index in [-0.39, 0.29) is 6.79 Å². The summed E-state index contributed by atoms with van der Waals surface area (Å²) in [6.07, 6.45) is 5.66. The van der Waals surface area contributed by atoms with Crippen LogP contribution in [0.2, 0.25) is 0 Å². The average Bonchev–Trinajstić information content (AvgIpc) is 2.89. The fourth-order valence-corrected chi connectivity index (χ4v) is 2.06. The van der Waals surface area contributed by atoms with Gasteiger partial charge in [0.1, 0.15) is 5.60 Å². The lowest BCUT2D eigenvalue weighted by Gasteiger charge is -2.28. The van der Waals surface area contributed by atoms with E-state index < -0.39 is 17.7 Å². The van der Waals surface area contributed by atoms with Gasteiger partial charge in [-0.3, -0.25) is 4.90 Å². The first-order chi connectivity index (χ1) is 10.3. The summed E-state index contributed by atoms with van der Waals surface area (Å²) in [5.74, 6) is 4.06. The van der Waals surface area contributed by atoms with E-state index in [0.29, 0.717) is 12.2 Å². The molecule has 1 amide bonds. The normalized spacial score (nSPS) is 14.1. The Balaban J connectivity index is 2.06. The highest BCUT2D eigenvalue weighted by Crippen LogP contribution is 2.33. The van der Waals surface area contributed by atoms with Crippen LogP contribution in [0.1, 0.15) is 26.3 Å². The van der Waals surface area contributed by atoms with Gasteiger partial charge in [0, 0.05) is 13.5 Å². The summed E-state index contributed by atoms with van der Waals surface area (Å²) < 4.78 is 16.0. The Morgan fingerprint density at radius 1 is 1.41 bits per heavy atom. The molecule has 0 saturated carbocycles. The SMILES string of the molecule is C#CC(Cc1ccc2c(c1)OCO2)N(C)C(=O)OC(C)(C)C. The van der Waals surface area contributed by atoms with Crippen LogP contribution in [-0.4, -0.2) is 36.5 Å². The number of carbonyl (C=O) groups is 1. The van der Waals surface area contributed by atoms with E-state index in [0.717, 1.165) is 11.3 Å². The smallest absolute Gasteiger partial charge is 0.411 e.